The van der Waals surface area contributed by atoms with Crippen LogP contribution in [0.1, 0.15) is 0 Å². The van der Waals surface area contributed by atoms with Gasteiger partial charge in [-0.3, -0.25) is 4.57 Å². The molecule has 0 fully saturated rings. The molecule has 0 N–H and O–H groups in total. The highest BCUT2D eigenvalue weighted by Crippen LogP contribution is 2.52. The zero-order valence-corrected chi connectivity index (χ0v) is 22.9. The summed E-state index contributed by atoms with van der Waals surface area (Å²) in [6.45, 7) is 0. The van der Waals surface area contributed by atoms with Gasteiger partial charge in [0, 0.05) is 54.0 Å². The fraction of sp³-hybridized carbons (Fsp3) is 0. The van der Waals surface area contributed by atoms with Gasteiger partial charge in [0.2, 0.25) is 5.95 Å². The molecule has 6 heteroatoms. The lowest BCUT2D eigenvalue weighted by Crippen LogP contribution is -2.03. The highest BCUT2D eigenvalue weighted by molar-refractivity contribution is 6.44. The van der Waals surface area contributed by atoms with Crippen LogP contribution in [0.2, 0.25) is 0 Å². The molecule has 12 rings (SSSR count). The van der Waals surface area contributed by atoms with E-state index in [2.05, 4.69) is 65.2 Å². The second-order valence-electron chi connectivity index (χ2n) is 11.7. The molecule has 0 unspecified atom stereocenters. The molecule has 0 spiro atoms. The van der Waals surface area contributed by atoms with Crippen LogP contribution in [0.25, 0.3) is 116 Å². The summed E-state index contributed by atoms with van der Waals surface area (Å²) >= 11 is 0. The summed E-state index contributed by atoms with van der Waals surface area (Å²) in [5, 5.41) is 9.68. The minimum atomic E-state index is 0.623. The topological polar surface area (TPSA) is 70.1 Å². The maximum Gasteiger partial charge on any atom is 0.235 e. The molecular formula is C38H17N3O3. The molecule has 5 heterocycles. The van der Waals surface area contributed by atoms with Crippen molar-refractivity contribution in [2.45, 2.75) is 0 Å². The van der Waals surface area contributed by atoms with Gasteiger partial charge in [0.1, 0.15) is 33.5 Å². The van der Waals surface area contributed by atoms with Gasteiger partial charge in [0.05, 0.1) is 22.2 Å². The Kier molecular flexibility index (Phi) is 3.46. The van der Waals surface area contributed by atoms with E-state index in [1.165, 1.54) is 0 Å². The van der Waals surface area contributed by atoms with Gasteiger partial charge in [0.15, 0.2) is 0 Å². The first-order valence-corrected chi connectivity index (χ1v) is 14.7. The summed E-state index contributed by atoms with van der Waals surface area (Å²) in [6, 6.07) is 35.1. The number of hydrogen-bond acceptors (Lipinski definition) is 5. The number of nitrogens with zero attached hydrogens (tertiary/aromatic N) is 3. The normalized spacial score (nSPS) is 13.0. The summed E-state index contributed by atoms with van der Waals surface area (Å²) in [5.74, 6) is 0.623. The third-order valence-electron chi connectivity index (χ3n) is 9.53. The van der Waals surface area contributed by atoms with Crippen LogP contribution in [0.3, 0.4) is 0 Å². The van der Waals surface area contributed by atoms with Crippen LogP contribution < -0.4 is 0 Å². The molecule has 0 saturated carbocycles. The van der Waals surface area contributed by atoms with E-state index in [-0.39, 0.29) is 0 Å². The van der Waals surface area contributed by atoms with E-state index in [1.807, 2.05) is 42.5 Å². The number of aromatic nitrogens is 3. The van der Waals surface area contributed by atoms with Crippen molar-refractivity contribution in [1.29, 1.82) is 0 Å². The third kappa shape index (κ3) is 2.33. The van der Waals surface area contributed by atoms with Gasteiger partial charge in [0.25, 0.3) is 0 Å². The van der Waals surface area contributed by atoms with E-state index < -0.39 is 0 Å². The number of fused-ring (bicyclic) bond motifs is 1. The van der Waals surface area contributed by atoms with Gasteiger partial charge < -0.3 is 13.3 Å². The molecule has 6 nitrogen and oxygen atoms in total. The highest BCUT2D eigenvalue weighted by Gasteiger charge is 2.29. The van der Waals surface area contributed by atoms with Gasteiger partial charge >= 0.3 is 0 Å². The molecule has 0 bridgehead atoms. The Morgan fingerprint density at radius 1 is 0.409 bits per heavy atom. The minimum absolute atomic E-state index is 0.623. The SMILES string of the molecule is c1ccc(-c2nc(-n3c4ccc5oc6ccc7oc8ccc9oc%10ccc3c3c%10c9c8c7c6c5c34)nc3ccccc23)cc1. The Hall–Kier alpha value is -6.14. The van der Waals surface area contributed by atoms with E-state index in [0.29, 0.717) is 5.95 Å². The Morgan fingerprint density at radius 2 is 0.864 bits per heavy atom. The zero-order valence-electron chi connectivity index (χ0n) is 22.9. The van der Waals surface area contributed by atoms with Crippen molar-refractivity contribution in [3.8, 4) is 17.2 Å². The average Bonchev–Trinajstić information content (AvgIpc) is 3.81. The quantitative estimate of drug-likeness (QED) is 0.209. The molecule has 0 aliphatic rings. The average molecular weight is 564 g/mol. The van der Waals surface area contributed by atoms with Gasteiger partial charge in [-0.2, -0.15) is 0 Å². The summed E-state index contributed by atoms with van der Waals surface area (Å²) in [4.78, 5) is 10.5. The van der Waals surface area contributed by atoms with Crippen molar-refractivity contribution < 1.29 is 13.3 Å². The van der Waals surface area contributed by atoms with Crippen LogP contribution in [0, 0.1) is 0 Å². The van der Waals surface area contributed by atoms with E-state index in [9.17, 15) is 0 Å². The molecule has 0 saturated heterocycles. The first-order chi connectivity index (χ1) is 21.8. The fourth-order valence-electron chi connectivity index (χ4n) is 7.83. The van der Waals surface area contributed by atoms with Crippen molar-refractivity contribution in [1.82, 2.24) is 14.5 Å². The van der Waals surface area contributed by atoms with Crippen molar-refractivity contribution >= 4 is 98.5 Å². The Morgan fingerprint density at radius 3 is 1.41 bits per heavy atom. The number of rotatable bonds is 2. The summed E-state index contributed by atoms with van der Waals surface area (Å²) in [5.41, 5.74) is 9.93. The number of para-hydroxylation sites is 1. The summed E-state index contributed by atoms with van der Waals surface area (Å²) in [7, 11) is 0. The maximum absolute atomic E-state index is 6.54. The first-order valence-electron chi connectivity index (χ1n) is 14.7. The van der Waals surface area contributed by atoms with Crippen molar-refractivity contribution in [3.63, 3.8) is 0 Å². The predicted octanol–water partition coefficient (Wildman–Crippen LogP) is 10.4. The molecule has 0 aliphatic heterocycles. The molecule has 12 aromatic rings. The smallest absolute Gasteiger partial charge is 0.235 e. The van der Waals surface area contributed by atoms with Crippen LogP contribution in [0.5, 0.6) is 0 Å². The van der Waals surface area contributed by atoms with Crippen LogP contribution in [0.15, 0.2) is 116 Å². The van der Waals surface area contributed by atoms with Crippen LogP contribution >= 0.6 is 0 Å². The van der Waals surface area contributed by atoms with Gasteiger partial charge in [-0.1, -0.05) is 48.5 Å². The first kappa shape index (κ1) is 21.5. The number of hydrogen-bond donors (Lipinski definition) is 0. The van der Waals surface area contributed by atoms with Gasteiger partial charge in [-0.25, -0.2) is 9.97 Å². The molecule has 0 atom stereocenters. The van der Waals surface area contributed by atoms with Crippen molar-refractivity contribution in [2.24, 2.45) is 0 Å². The monoisotopic (exact) mass is 563 g/mol. The lowest BCUT2D eigenvalue weighted by molar-refractivity contribution is 0.660. The summed E-state index contributed by atoms with van der Waals surface area (Å²) in [6.07, 6.45) is 0. The van der Waals surface area contributed by atoms with Crippen LogP contribution in [-0.4, -0.2) is 14.5 Å². The van der Waals surface area contributed by atoms with E-state index in [1.54, 1.807) is 0 Å². The second kappa shape index (κ2) is 7.07. The number of furan rings is 3. The zero-order chi connectivity index (χ0) is 28.3. The standard InChI is InChI=1S/C38H17N3O3/c1-2-6-18(7-3-1)37-19-8-4-5-9-20(19)39-38(40-37)41-21-10-12-23-31-29(21)30-22(41)11-13-24-32(30)34-26(43-24)15-17-28-36(34)35-27(44-28)16-14-25(42-23)33(31)35/h1-17H. The second-order valence-corrected chi connectivity index (χ2v) is 11.7. The molecule has 202 valence electrons. The predicted molar refractivity (Wildman–Crippen MR) is 175 cm³/mol. The van der Waals surface area contributed by atoms with Crippen LogP contribution in [0.4, 0.5) is 0 Å². The molecule has 44 heavy (non-hydrogen) atoms. The molecule has 0 aliphatic carbocycles. The van der Waals surface area contributed by atoms with Gasteiger partial charge in [-0.05, 0) is 54.6 Å². The Labute approximate surface area is 246 Å². The highest BCUT2D eigenvalue weighted by atomic mass is 16.3. The van der Waals surface area contributed by atoms with E-state index >= 15 is 0 Å². The Bertz CT molecular complexity index is 2960. The minimum Gasteiger partial charge on any atom is -0.456 e. The Balaban J connectivity index is 1.37. The fourth-order valence-corrected chi connectivity index (χ4v) is 7.83. The largest absolute Gasteiger partial charge is 0.456 e. The summed E-state index contributed by atoms with van der Waals surface area (Å²) < 4.78 is 21.7. The maximum atomic E-state index is 6.54. The van der Waals surface area contributed by atoms with Crippen molar-refractivity contribution in [3.05, 3.63) is 103 Å². The molecule has 0 radical (unpaired) electrons. The van der Waals surface area contributed by atoms with E-state index in [0.717, 1.165) is 110 Å². The molecule has 7 aromatic carbocycles. The lowest BCUT2D eigenvalue weighted by atomic mass is 9.95. The van der Waals surface area contributed by atoms with Gasteiger partial charge in [-0.15, -0.1) is 0 Å². The lowest BCUT2D eigenvalue weighted by Gasteiger charge is -2.11. The van der Waals surface area contributed by atoms with Crippen LogP contribution in [-0.2, 0) is 0 Å². The molecular weight excluding hydrogens is 546 g/mol. The molecule has 5 aromatic heterocycles. The molecule has 0 amide bonds. The third-order valence-corrected chi connectivity index (χ3v) is 9.53. The van der Waals surface area contributed by atoms with Crippen molar-refractivity contribution in [2.75, 3.05) is 0 Å². The van der Waals surface area contributed by atoms with E-state index in [4.69, 9.17) is 23.2 Å². The number of benzene rings is 6.